The minimum atomic E-state index is 0.485. The molecule has 1 rings (SSSR count). The van der Waals surface area contributed by atoms with Crippen molar-refractivity contribution in [3.05, 3.63) is 17.7 Å². The molecule has 0 radical (unpaired) electrons. The third-order valence-corrected chi connectivity index (χ3v) is 3.02. The lowest BCUT2D eigenvalue weighted by atomic mass is 10.1. The zero-order valence-electron chi connectivity index (χ0n) is 12.3. The largest absolute Gasteiger partial charge is 0.493 e. The zero-order valence-corrected chi connectivity index (χ0v) is 12.3. The van der Waals surface area contributed by atoms with Crippen LogP contribution < -0.4 is 14.2 Å². The molecule has 0 atom stereocenters. The number of ether oxygens (including phenoxy) is 4. The van der Waals surface area contributed by atoms with Gasteiger partial charge in [0.25, 0.3) is 6.47 Å². The number of hydrogen-bond acceptors (Lipinski definition) is 5. The molecule has 0 heterocycles. The Labute approximate surface area is 119 Å². The Balaban J connectivity index is 2.59. The second-order valence-corrected chi connectivity index (χ2v) is 4.31. The molecular formula is C15H22O5. The lowest BCUT2D eigenvalue weighted by Gasteiger charge is -2.14. The molecule has 112 valence electrons. The van der Waals surface area contributed by atoms with Crippen LogP contribution in [0.4, 0.5) is 0 Å². The molecule has 0 aromatic heterocycles. The zero-order chi connectivity index (χ0) is 14.8. The van der Waals surface area contributed by atoms with Crippen LogP contribution in [0.15, 0.2) is 12.1 Å². The first-order chi connectivity index (χ1) is 9.76. The maximum absolute atomic E-state index is 10.00. The minimum Gasteiger partial charge on any atom is -0.493 e. The van der Waals surface area contributed by atoms with Crippen molar-refractivity contribution < 1.29 is 23.7 Å². The maximum atomic E-state index is 10.00. The van der Waals surface area contributed by atoms with Gasteiger partial charge in [-0.1, -0.05) is 0 Å². The van der Waals surface area contributed by atoms with E-state index in [0.29, 0.717) is 30.3 Å². The van der Waals surface area contributed by atoms with E-state index in [0.717, 1.165) is 31.2 Å². The summed E-state index contributed by atoms with van der Waals surface area (Å²) in [6.45, 7) is 0.970. The molecular weight excluding hydrogens is 260 g/mol. The van der Waals surface area contributed by atoms with Gasteiger partial charge in [-0.15, -0.1) is 0 Å². The van der Waals surface area contributed by atoms with Gasteiger partial charge in [0.15, 0.2) is 11.5 Å². The molecule has 0 bridgehead atoms. The van der Waals surface area contributed by atoms with E-state index in [9.17, 15) is 4.79 Å². The summed E-state index contributed by atoms with van der Waals surface area (Å²) in [5.74, 6) is 1.95. The van der Waals surface area contributed by atoms with Gasteiger partial charge in [-0.2, -0.15) is 0 Å². The van der Waals surface area contributed by atoms with Gasteiger partial charge in [0.1, 0.15) is 0 Å². The monoisotopic (exact) mass is 282 g/mol. The van der Waals surface area contributed by atoms with Gasteiger partial charge < -0.3 is 18.9 Å². The van der Waals surface area contributed by atoms with E-state index in [2.05, 4.69) is 4.74 Å². The van der Waals surface area contributed by atoms with Crippen LogP contribution >= 0.6 is 0 Å². The highest BCUT2D eigenvalue weighted by molar-refractivity contribution is 5.53. The van der Waals surface area contributed by atoms with Crippen LogP contribution in [0.3, 0.4) is 0 Å². The number of unbranched alkanes of at least 4 members (excludes halogenated alkanes) is 2. The molecule has 0 amide bonds. The summed E-state index contributed by atoms with van der Waals surface area (Å²) >= 11 is 0. The Morgan fingerprint density at radius 2 is 1.60 bits per heavy atom. The van der Waals surface area contributed by atoms with Crippen LogP contribution in [0.2, 0.25) is 0 Å². The van der Waals surface area contributed by atoms with Crippen molar-refractivity contribution in [2.75, 3.05) is 27.9 Å². The number of benzene rings is 1. The quantitative estimate of drug-likeness (QED) is 0.487. The Morgan fingerprint density at radius 3 is 2.10 bits per heavy atom. The normalized spacial score (nSPS) is 9.95. The summed E-state index contributed by atoms with van der Waals surface area (Å²) in [6, 6.07) is 3.92. The molecule has 1 aromatic rings. The van der Waals surface area contributed by atoms with Crippen molar-refractivity contribution in [3.8, 4) is 17.2 Å². The van der Waals surface area contributed by atoms with E-state index in [1.807, 2.05) is 12.1 Å². The SMILES string of the molecule is COc1cc(CCCCCOC=O)cc(OC)c1OC. The summed E-state index contributed by atoms with van der Waals surface area (Å²) in [5.41, 5.74) is 1.14. The third kappa shape index (κ3) is 4.64. The molecule has 0 saturated heterocycles. The second-order valence-electron chi connectivity index (χ2n) is 4.31. The number of carbonyl (C=O) groups excluding carboxylic acids is 1. The van der Waals surface area contributed by atoms with E-state index in [-0.39, 0.29) is 0 Å². The lowest BCUT2D eigenvalue weighted by molar-refractivity contribution is -0.128. The second kappa shape index (κ2) is 9.07. The van der Waals surface area contributed by atoms with E-state index < -0.39 is 0 Å². The van der Waals surface area contributed by atoms with Crippen LogP contribution in [0.25, 0.3) is 0 Å². The van der Waals surface area contributed by atoms with Gasteiger partial charge in [-0.3, -0.25) is 4.79 Å². The fraction of sp³-hybridized carbons (Fsp3) is 0.533. The molecule has 5 heteroatoms. The molecule has 20 heavy (non-hydrogen) atoms. The molecule has 0 saturated carbocycles. The first kappa shape index (κ1) is 16.1. The van der Waals surface area contributed by atoms with Crippen molar-refractivity contribution in [2.45, 2.75) is 25.7 Å². The van der Waals surface area contributed by atoms with Crippen LogP contribution in [0.5, 0.6) is 17.2 Å². The molecule has 5 nitrogen and oxygen atoms in total. The highest BCUT2D eigenvalue weighted by atomic mass is 16.5. The highest BCUT2D eigenvalue weighted by Crippen LogP contribution is 2.38. The van der Waals surface area contributed by atoms with Crippen LogP contribution in [0, 0.1) is 0 Å². The predicted molar refractivity (Wildman–Crippen MR) is 75.7 cm³/mol. The maximum Gasteiger partial charge on any atom is 0.293 e. The molecule has 0 N–H and O–H groups in total. The van der Waals surface area contributed by atoms with E-state index >= 15 is 0 Å². The van der Waals surface area contributed by atoms with Crippen molar-refractivity contribution in [2.24, 2.45) is 0 Å². The number of hydrogen-bond donors (Lipinski definition) is 0. The highest BCUT2D eigenvalue weighted by Gasteiger charge is 2.12. The standard InChI is InChI=1S/C15H22O5/c1-17-13-9-12(7-5-4-6-8-20-11-16)10-14(18-2)15(13)19-3/h9-11H,4-8H2,1-3H3. The Bertz CT molecular complexity index is 392. The van der Waals surface area contributed by atoms with Gasteiger partial charge >= 0.3 is 0 Å². The van der Waals surface area contributed by atoms with E-state index in [1.54, 1.807) is 21.3 Å². The van der Waals surface area contributed by atoms with Crippen molar-refractivity contribution >= 4 is 6.47 Å². The van der Waals surface area contributed by atoms with Gasteiger partial charge in [0, 0.05) is 0 Å². The van der Waals surface area contributed by atoms with E-state index in [1.165, 1.54) is 0 Å². The molecule has 0 aliphatic carbocycles. The number of rotatable bonds is 10. The van der Waals surface area contributed by atoms with Gasteiger partial charge in [0.2, 0.25) is 5.75 Å². The Kier molecular flexibility index (Phi) is 7.32. The smallest absolute Gasteiger partial charge is 0.293 e. The first-order valence-corrected chi connectivity index (χ1v) is 6.61. The van der Waals surface area contributed by atoms with Crippen LogP contribution in [0.1, 0.15) is 24.8 Å². The summed E-state index contributed by atoms with van der Waals surface area (Å²) in [4.78, 5) is 10.00. The lowest BCUT2D eigenvalue weighted by Crippen LogP contribution is -1.98. The molecule has 0 unspecified atom stereocenters. The minimum absolute atomic E-state index is 0.485. The van der Waals surface area contributed by atoms with Gasteiger partial charge in [-0.05, 0) is 43.4 Å². The first-order valence-electron chi connectivity index (χ1n) is 6.61. The average molecular weight is 282 g/mol. The Morgan fingerprint density at radius 1 is 0.950 bits per heavy atom. The summed E-state index contributed by atoms with van der Waals surface area (Å²) in [7, 11) is 4.81. The van der Waals surface area contributed by atoms with Crippen molar-refractivity contribution in [1.82, 2.24) is 0 Å². The van der Waals surface area contributed by atoms with Crippen LogP contribution in [-0.2, 0) is 16.0 Å². The average Bonchev–Trinajstić information content (AvgIpc) is 2.49. The van der Waals surface area contributed by atoms with E-state index in [4.69, 9.17) is 14.2 Å². The molecule has 0 fully saturated rings. The predicted octanol–water partition coefficient (Wildman–Crippen LogP) is 2.60. The van der Waals surface area contributed by atoms with Crippen molar-refractivity contribution in [1.29, 1.82) is 0 Å². The summed E-state index contributed by atoms with van der Waals surface area (Å²) < 4.78 is 20.6. The fourth-order valence-corrected chi connectivity index (χ4v) is 2.02. The topological polar surface area (TPSA) is 54.0 Å². The number of aryl methyl sites for hydroxylation is 1. The summed E-state index contributed by atoms with van der Waals surface area (Å²) in [6.07, 6.45) is 3.81. The summed E-state index contributed by atoms with van der Waals surface area (Å²) in [5, 5.41) is 0. The van der Waals surface area contributed by atoms with Crippen LogP contribution in [-0.4, -0.2) is 34.4 Å². The fourth-order valence-electron chi connectivity index (χ4n) is 2.02. The molecule has 0 aliphatic heterocycles. The van der Waals surface area contributed by atoms with Gasteiger partial charge in [0.05, 0.1) is 27.9 Å². The molecule has 1 aromatic carbocycles. The number of carbonyl (C=O) groups is 1. The molecule has 0 spiro atoms. The number of methoxy groups -OCH3 is 3. The third-order valence-electron chi connectivity index (χ3n) is 3.02. The Hall–Kier alpha value is -1.91. The van der Waals surface area contributed by atoms with Crippen molar-refractivity contribution in [3.63, 3.8) is 0 Å². The van der Waals surface area contributed by atoms with Gasteiger partial charge in [-0.25, -0.2) is 0 Å². The molecule has 0 aliphatic rings.